The lowest BCUT2D eigenvalue weighted by molar-refractivity contribution is -0.146. The van der Waals surface area contributed by atoms with Gasteiger partial charge in [-0.25, -0.2) is 4.79 Å². The molecular weight excluding hydrogens is 266 g/mol. The van der Waals surface area contributed by atoms with Crippen LogP contribution in [0.25, 0.3) is 0 Å². The number of carbonyl (C=O) groups excluding carboxylic acids is 1. The Morgan fingerprint density at radius 1 is 1.45 bits per heavy atom. The third-order valence-electron chi connectivity index (χ3n) is 2.50. The average Bonchev–Trinajstić information content (AvgIpc) is 3.07. The summed E-state index contributed by atoms with van der Waals surface area (Å²) in [6, 6.07) is 4.87. The van der Waals surface area contributed by atoms with E-state index in [0.717, 1.165) is 0 Å². The van der Waals surface area contributed by atoms with Crippen molar-refractivity contribution in [2.75, 3.05) is 6.54 Å². The minimum atomic E-state index is -1.64. The van der Waals surface area contributed by atoms with Crippen molar-refractivity contribution >= 4 is 11.9 Å². The highest BCUT2D eigenvalue weighted by atomic mass is 16.4. The van der Waals surface area contributed by atoms with E-state index in [0.29, 0.717) is 12.3 Å². The number of hydrogen-bond donors (Lipinski definition) is 3. The highest BCUT2D eigenvalue weighted by Crippen LogP contribution is 2.09. The number of aliphatic hydroxyl groups is 1. The number of carboxylic acid groups (broad SMARTS) is 1. The molecule has 0 saturated carbocycles. The van der Waals surface area contributed by atoms with Crippen LogP contribution in [0.5, 0.6) is 0 Å². The van der Waals surface area contributed by atoms with Crippen molar-refractivity contribution in [3.05, 3.63) is 42.1 Å². The fourth-order valence-corrected chi connectivity index (χ4v) is 1.50. The van der Waals surface area contributed by atoms with Crippen molar-refractivity contribution in [3.8, 4) is 0 Å². The zero-order chi connectivity index (χ0) is 14.5. The van der Waals surface area contributed by atoms with Crippen LogP contribution in [0.2, 0.25) is 0 Å². The van der Waals surface area contributed by atoms with E-state index < -0.39 is 18.0 Å². The Morgan fingerprint density at radius 3 is 2.90 bits per heavy atom. The molecule has 0 aliphatic heterocycles. The molecule has 1 amide bonds. The lowest BCUT2D eigenvalue weighted by Gasteiger charge is -2.06. The summed E-state index contributed by atoms with van der Waals surface area (Å²) in [5, 5.41) is 23.8. The summed E-state index contributed by atoms with van der Waals surface area (Å²) in [4.78, 5) is 22.1. The fraction of sp³-hybridized carbons (Fsp3) is 0.250. The van der Waals surface area contributed by atoms with Crippen LogP contribution in [0.3, 0.4) is 0 Å². The van der Waals surface area contributed by atoms with Crippen LogP contribution in [0.15, 0.2) is 35.0 Å². The third-order valence-corrected chi connectivity index (χ3v) is 2.50. The Hall–Kier alpha value is -2.61. The maximum absolute atomic E-state index is 11.7. The van der Waals surface area contributed by atoms with Crippen molar-refractivity contribution in [2.45, 2.75) is 12.6 Å². The molecule has 0 spiro atoms. The number of aliphatic hydroxyl groups excluding tert-OH is 1. The lowest BCUT2D eigenvalue weighted by Crippen LogP contribution is -2.36. The lowest BCUT2D eigenvalue weighted by atomic mass is 10.3. The SMILES string of the molecule is O=C(NCC(O)C(=O)O)c1ccc(Cn2cccn2)o1. The van der Waals surface area contributed by atoms with E-state index in [1.54, 1.807) is 29.2 Å². The summed E-state index contributed by atoms with van der Waals surface area (Å²) in [6.07, 6.45) is 1.74. The number of amides is 1. The second-order valence-electron chi connectivity index (χ2n) is 4.03. The van der Waals surface area contributed by atoms with Gasteiger partial charge in [0.2, 0.25) is 0 Å². The minimum absolute atomic E-state index is 0.0461. The number of carboxylic acids is 1. The van der Waals surface area contributed by atoms with E-state index in [1.165, 1.54) is 6.07 Å². The predicted octanol–water partition coefficient (Wildman–Crippen LogP) is -0.300. The molecular formula is C12H13N3O5. The van der Waals surface area contributed by atoms with Gasteiger partial charge in [0.15, 0.2) is 11.9 Å². The van der Waals surface area contributed by atoms with Crippen LogP contribution in [0.1, 0.15) is 16.3 Å². The first kappa shape index (κ1) is 13.8. The third kappa shape index (κ3) is 3.45. The maximum atomic E-state index is 11.7. The average molecular weight is 279 g/mol. The molecule has 1 unspecified atom stereocenters. The van der Waals surface area contributed by atoms with Gasteiger partial charge in [-0.3, -0.25) is 9.48 Å². The van der Waals surface area contributed by atoms with Gasteiger partial charge in [-0.05, 0) is 18.2 Å². The summed E-state index contributed by atoms with van der Waals surface area (Å²) in [5.41, 5.74) is 0. The fourth-order valence-electron chi connectivity index (χ4n) is 1.50. The van der Waals surface area contributed by atoms with Crippen LogP contribution in [0.4, 0.5) is 0 Å². The highest BCUT2D eigenvalue weighted by molar-refractivity contribution is 5.91. The molecule has 0 aliphatic rings. The standard InChI is InChI=1S/C12H13N3O5/c16-9(12(18)19)6-13-11(17)10-3-2-8(20-10)7-15-5-1-4-14-15/h1-5,9,16H,6-7H2,(H,13,17)(H,18,19). The number of rotatable bonds is 6. The topological polar surface area (TPSA) is 118 Å². The predicted molar refractivity (Wildman–Crippen MR) is 66.0 cm³/mol. The van der Waals surface area contributed by atoms with Gasteiger partial charge < -0.3 is 19.9 Å². The Morgan fingerprint density at radius 2 is 2.25 bits per heavy atom. The van der Waals surface area contributed by atoms with E-state index in [2.05, 4.69) is 10.4 Å². The van der Waals surface area contributed by atoms with Gasteiger partial charge >= 0.3 is 5.97 Å². The van der Waals surface area contributed by atoms with E-state index >= 15 is 0 Å². The second kappa shape index (κ2) is 6.02. The first-order valence-corrected chi connectivity index (χ1v) is 5.81. The van der Waals surface area contributed by atoms with Crippen molar-refractivity contribution in [2.24, 2.45) is 0 Å². The van der Waals surface area contributed by atoms with Gasteiger partial charge in [0.05, 0.1) is 13.1 Å². The minimum Gasteiger partial charge on any atom is -0.479 e. The molecule has 0 radical (unpaired) electrons. The zero-order valence-corrected chi connectivity index (χ0v) is 10.4. The number of aliphatic carboxylic acids is 1. The number of aromatic nitrogens is 2. The summed E-state index contributed by atoms with van der Waals surface area (Å²) < 4.78 is 6.94. The van der Waals surface area contributed by atoms with E-state index in [4.69, 9.17) is 14.6 Å². The summed E-state index contributed by atoms with van der Waals surface area (Å²) in [7, 11) is 0. The first-order chi connectivity index (χ1) is 9.56. The van der Waals surface area contributed by atoms with Gasteiger partial charge in [-0.15, -0.1) is 0 Å². The normalized spacial score (nSPS) is 12.1. The molecule has 20 heavy (non-hydrogen) atoms. The van der Waals surface area contributed by atoms with Gasteiger partial charge in [0, 0.05) is 12.4 Å². The number of carbonyl (C=O) groups is 2. The highest BCUT2D eigenvalue weighted by Gasteiger charge is 2.16. The van der Waals surface area contributed by atoms with E-state index in [1.807, 2.05) is 0 Å². The number of nitrogens with one attached hydrogen (secondary N) is 1. The summed E-state index contributed by atoms with van der Waals surface area (Å²) >= 11 is 0. The van der Waals surface area contributed by atoms with Crippen LogP contribution in [-0.4, -0.2) is 44.5 Å². The van der Waals surface area contributed by atoms with Crippen molar-refractivity contribution in [1.29, 1.82) is 0 Å². The molecule has 2 aromatic rings. The molecule has 0 bridgehead atoms. The van der Waals surface area contributed by atoms with Crippen molar-refractivity contribution < 1.29 is 24.2 Å². The van der Waals surface area contributed by atoms with Crippen LogP contribution in [0, 0.1) is 0 Å². The first-order valence-electron chi connectivity index (χ1n) is 5.81. The molecule has 3 N–H and O–H groups in total. The number of furan rings is 1. The molecule has 2 heterocycles. The summed E-state index contributed by atoms with van der Waals surface area (Å²) in [5.74, 6) is -1.40. The molecule has 1 atom stereocenters. The molecule has 0 aromatic carbocycles. The Balaban J connectivity index is 1.91. The molecule has 0 saturated heterocycles. The second-order valence-corrected chi connectivity index (χ2v) is 4.03. The van der Waals surface area contributed by atoms with Crippen LogP contribution in [-0.2, 0) is 11.3 Å². The van der Waals surface area contributed by atoms with Gasteiger partial charge in [0.25, 0.3) is 5.91 Å². The van der Waals surface area contributed by atoms with Crippen molar-refractivity contribution in [1.82, 2.24) is 15.1 Å². The van der Waals surface area contributed by atoms with Crippen LogP contribution < -0.4 is 5.32 Å². The monoisotopic (exact) mass is 279 g/mol. The van der Waals surface area contributed by atoms with Crippen molar-refractivity contribution in [3.63, 3.8) is 0 Å². The quantitative estimate of drug-likeness (QED) is 0.668. The van der Waals surface area contributed by atoms with Gasteiger partial charge in [-0.1, -0.05) is 0 Å². The van der Waals surface area contributed by atoms with E-state index in [9.17, 15) is 9.59 Å². The Bertz CT molecular complexity index is 590. The van der Waals surface area contributed by atoms with Gasteiger partial charge in [0.1, 0.15) is 5.76 Å². The maximum Gasteiger partial charge on any atom is 0.334 e. The van der Waals surface area contributed by atoms with Gasteiger partial charge in [-0.2, -0.15) is 5.10 Å². The van der Waals surface area contributed by atoms with Crippen LogP contribution >= 0.6 is 0 Å². The number of hydrogen-bond acceptors (Lipinski definition) is 5. The molecule has 0 aliphatic carbocycles. The van der Waals surface area contributed by atoms with E-state index in [-0.39, 0.29) is 12.3 Å². The molecule has 2 rings (SSSR count). The summed E-state index contributed by atoms with van der Waals surface area (Å²) in [6.45, 7) is 0.00138. The smallest absolute Gasteiger partial charge is 0.334 e. The Labute approximate surface area is 113 Å². The molecule has 106 valence electrons. The molecule has 0 fully saturated rings. The molecule has 8 nitrogen and oxygen atoms in total. The largest absolute Gasteiger partial charge is 0.479 e. The molecule has 8 heteroatoms. The Kier molecular flexibility index (Phi) is 4.16. The molecule has 2 aromatic heterocycles. The number of nitrogens with zero attached hydrogens (tertiary/aromatic N) is 2. The zero-order valence-electron chi connectivity index (χ0n) is 10.4.